The fraction of sp³-hybridized carbons (Fsp3) is 0.200. The summed E-state index contributed by atoms with van der Waals surface area (Å²) in [5, 5.41) is 0. The summed E-state index contributed by atoms with van der Waals surface area (Å²) >= 11 is 3.32. The predicted molar refractivity (Wildman–Crippen MR) is 77.9 cm³/mol. The van der Waals surface area contributed by atoms with Gasteiger partial charge in [0, 0.05) is 16.1 Å². The van der Waals surface area contributed by atoms with Gasteiger partial charge in [-0.25, -0.2) is 0 Å². The van der Waals surface area contributed by atoms with Gasteiger partial charge >= 0.3 is 6.36 Å². The first-order chi connectivity index (χ1) is 9.85. The van der Waals surface area contributed by atoms with Crippen molar-refractivity contribution in [1.82, 2.24) is 0 Å². The molecule has 0 saturated heterocycles. The van der Waals surface area contributed by atoms with E-state index in [0.717, 1.165) is 10.0 Å². The summed E-state index contributed by atoms with van der Waals surface area (Å²) in [5.41, 5.74) is 7.29. The lowest BCUT2D eigenvalue weighted by Gasteiger charge is -2.18. The second-order valence-corrected chi connectivity index (χ2v) is 5.44. The molecule has 1 unspecified atom stereocenters. The molecule has 0 radical (unpaired) electrons. The molecule has 0 spiro atoms. The molecule has 0 aliphatic heterocycles. The summed E-state index contributed by atoms with van der Waals surface area (Å²) in [6.07, 6.45) is -4.31. The third-order valence-corrected chi connectivity index (χ3v) is 3.44. The van der Waals surface area contributed by atoms with Gasteiger partial charge in [0.15, 0.2) is 0 Å². The Morgan fingerprint density at radius 2 is 1.67 bits per heavy atom. The molecule has 0 aromatic heterocycles. The zero-order chi connectivity index (χ0) is 15.5. The highest BCUT2D eigenvalue weighted by Crippen LogP contribution is 2.30. The molecule has 21 heavy (non-hydrogen) atoms. The molecule has 2 N–H and O–H groups in total. The van der Waals surface area contributed by atoms with Gasteiger partial charge in [-0.3, -0.25) is 0 Å². The van der Waals surface area contributed by atoms with Crippen LogP contribution in [0.5, 0.6) is 5.75 Å². The van der Waals surface area contributed by atoms with Crippen LogP contribution < -0.4 is 10.5 Å². The van der Waals surface area contributed by atoms with Gasteiger partial charge in [-0.05, 0) is 30.2 Å². The summed E-state index contributed by atoms with van der Waals surface area (Å²) < 4.78 is 42.1. The average Bonchev–Trinajstić information content (AvgIpc) is 2.40. The Kier molecular flexibility index (Phi) is 4.90. The lowest BCUT2D eigenvalue weighted by atomic mass is 9.99. The van der Waals surface area contributed by atoms with Crippen molar-refractivity contribution in [1.29, 1.82) is 0 Å². The summed E-state index contributed by atoms with van der Waals surface area (Å²) in [6.45, 7) is 0. The van der Waals surface area contributed by atoms with Gasteiger partial charge in [0.25, 0.3) is 0 Å². The fourth-order valence-electron chi connectivity index (χ4n) is 1.99. The maximum absolute atomic E-state index is 12.4. The number of hydrogen-bond acceptors (Lipinski definition) is 2. The zero-order valence-electron chi connectivity index (χ0n) is 10.9. The van der Waals surface area contributed by atoms with Gasteiger partial charge in [-0.15, -0.1) is 13.2 Å². The normalized spacial score (nSPS) is 13.0. The van der Waals surface area contributed by atoms with Crippen LogP contribution in [-0.4, -0.2) is 6.36 Å². The lowest BCUT2D eigenvalue weighted by molar-refractivity contribution is -0.275. The Bertz CT molecular complexity index is 599. The first kappa shape index (κ1) is 15.9. The summed E-state index contributed by atoms with van der Waals surface area (Å²) in [4.78, 5) is 0. The maximum Gasteiger partial charge on any atom is 0.573 e. The van der Waals surface area contributed by atoms with Crippen LogP contribution in [0, 0.1) is 0 Å². The molecular formula is C15H13BrF3NO. The molecule has 0 aliphatic rings. The molecule has 0 amide bonds. The van der Waals surface area contributed by atoms with Crippen LogP contribution in [0.15, 0.2) is 53.0 Å². The number of alkyl halides is 3. The number of ether oxygens (including phenoxy) is 1. The van der Waals surface area contributed by atoms with Crippen molar-refractivity contribution in [2.24, 2.45) is 5.73 Å². The van der Waals surface area contributed by atoms with Crippen molar-refractivity contribution in [3.63, 3.8) is 0 Å². The van der Waals surface area contributed by atoms with Gasteiger partial charge in [0.1, 0.15) is 5.75 Å². The van der Waals surface area contributed by atoms with E-state index >= 15 is 0 Å². The molecule has 0 bridgehead atoms. The number of rotatable bonds is 4. The van der Waals surface area contributed by atoms with Crippen molar-refractivity contribution >= 4 is 15.9 Å². The second-order valence-electron chi connectivity index (χ2n) is 4.52. The minimum atomic E-state index is -4.73. The maximum atomic E-state index is 12.4. The van der Waals surface area contributed by atoms with E-state index in [9.17, 15) is 13.2 Å². The van der Waals surface area contributed by atoms with E-state index in [4.69, 9.17) is 5.73 Å². The first-order valence-corrected chi connectivity index (χ1v) is 6.99. The van der Waals surface area contributed by atoms with Gasteiger partial charge in [-0.1, -0.05) is 46.3 Å². The van der Waals surface area contributed by atoms with Crippen LogP contribution in [0.25, 0.3) is 0 Å². The van der Waals surface area contributed by atoms with E-state index in [2.05, 4.69) is 20.7 Å². The zero-order valence-corrected chi connectivity index (χ0v) is 12.5. The molecule has 112 valence electrons. The van der Waals surface area contributed by atoms with E-state index in [1.807, 2.05) is 24.3 Å². The van der Waals surface area contributed by atoms with Gasteiger partial charge in [-0.2, -0.15) is 0 Å². The number of nitrogens with two attached hydrogens (primary N) is 1. The van der Waals surface area contributed by atoms with Crippen LogP contribution in [0.1, 0.15) is 17.2 Å². The number of halogens is 4. The Morgan fingerprint density at radius 3 is 2.29 bits per heavy atom. The van der Waals surface area contributed by atoms with Gasteiger partial charge in [0.2, 0.25) is 0 Å². The van der Waals surface area contributed by atoms with Crippen molar-refractivity contribution in [3.05, 3.63) is 64.1 Å². The minimum absolute atomic E-state index is 0.255. The van der Waals surface area contributed by atoms with Crippen LogP contribution in [0.3, 0.4) is 0 Å². The molecule has 1 atom stereocenters. The second kappa shape index (κ2) is 6.49. The van der Waals surface area contributed by atoms with E-state index in [1.54, 1.807) is 12.1 Å². The Labute approximate surface area is 128 Å². The van der Waals surface area contributed by atoms with Crippen LogP contribution in [-0.2, 0) is 6.42 Å². The molecule has 0 aliphatic carbocycles. The molecule has 2 rings (SSSR count). The van der Waals surface area contributed by atoms with Crippen molar-refractivity contribution in [2.75, 3.05) is 0 Å². The van der Waals surface area contributed by atoms with E-state index in [1.165, 1.54) is 12.1 Å². The number of benzene rings is 2. The van der Waals surface area contributed by atoms with Crippen LogP contribution in [0.2, 0.25) is 0 Å². The van der Waals surface area contributed by atoms with E-state index in [0.29, 0.717) is 12.0 Å². The first-order valence-electron chi connectivity index (χ1n) is 6.20. The Balaban J connectivity index is 2.18. The topological polar surface area (TPSA) is 35.2 Å². The quantitative estimate of drug-likeness (QED) is 0.866. The van der Waals surface area contributed by atoms with E-state index in [-0.39, 0.29) is 5.75 Å². The monoisotopic (exact) mass is 359 g/mol. The molecular weight excluding hydrogens is 347 g/mol. The largest absolute Gasteiger partial charge is 0.573 e. The third kappa shape index (κ3) is 4.75. The van der Waals surface area contributed by atoms with Crippen LogP contribution in [0.4, 0.5) is 13.2 Å². The highest BCUT2D eigenvalue weighted by atomic mass is 79.9. The average molecular weight is 360 g/mol. The summed E-state index contributed by atoms with van der Waals surface area (Å²) in [6, 6.07) is 12.8. The smallest absolute Gasteiger partial charge is 0.405 e. The van der Waals surface area contributed by atoms with Gasteiger partial charge < -0.3 is 10.5 Å². The molecule has 2 nitrogen and oxygen atoms in total. The lowest BCUT2D eigenvalue weighted by Crippen LogP contribution is -2.21. The molecule has 0 fully saturated rings. The number of para-hydroxylation sites is 1. The SMILES string of the molecule is NC(Cc1ccc(Br)cc1)c1ccccc1OC(F)(F)F. The molecule has 2 aromatic carbocycles. The molecule has 2 aromatic rings. The summed E-state index contributed by atoms with van der Waals surface area (Å²) in [7, 11) is 0. The van der Waals surface area contributed by atoms with E-state index < -0.39 is 12.4 Å². The third-order valence-electron chi connectivity index (χ3n) is 2.91. The van der Waals surface area contributed by atoms with Crippen LogP contribution >= 0.6 is 15.9 Å². The standard InChI is InChI=1S/C15H13BrF3NO/c16-11-7-5-10(6-8-11)9-13(20)12-3-1-2-4-14(12)21-15(17,18)19/h1-8,13H,9,20H2. The molecule has 0 heterocycles. The molecule has 0 saturated carbocycles. The van der Waals surface area contributed by atoms with Crippen molar-refractivity contribution in [3.8, 4) is 5.75 Å². The minimum Gasteiger partial charge on any atom is -0.405 e. The van der Waals surface area contributed by atoms with Gasteiger partial charge in [0.05, 0.1) is 0 Å². The highest BCUT2D eigenvalue weighted by Gasteiger charge is 2.32. The Hall–Kier alpha value is -1.53. The Morgan fingerprint density at radius 1 is 1.05 bits per heavy atom. The van der Waals surface area contributed by atoms with Crippen molar-refractivity contribution < 1.29 is 17.9 Å². The highest BCUT2D eigenvalue weighted by molar-refractivity contribution is 9.10. The fourth-order valence-corrected chi connectivity index (χ4v) is 2.25. The van der Waals surface area contributed by atoms with Crippen molar-refractivity contribution in [2.45, 2.75) is 18.8 Å². The predicted octanol–water partition coefficient (Wildman–Crippen LogP) is 4.59. The molecule has 6 heteroatoms. The summed E-state index contributed by atoms with van der Waals surface area (Å²) in [5.74, 6) is -0.255. The number of hydrogen-bond donors (Lipinski definition) is 1.